The molecule has 5 heteroatoms. The molecule has 0 saturated carbocycles. The van der Waals surface area contributed by atoms with Gasteiger partial charge in [0.25, 0.3) is 0 Å². The van der Waals surface area contributed by atoms with E-state index in [2.05, 4.69) is 70.4 Å². The smallest absolute Gasteiger partial charge is 0.0669 e. The van der Waals surface area contributed by atoms with Crippen LogP contribution in [0, 0.1) is 10.5 Å². The topological polar surface area (TPSA) is 55.9 Å². The lowest BCUT2D eigenvalue weighted by molar-refractivity contribution is 0.490. The molecule has 0 fully saturated rings. The van der Waals surface area contributed by atoms with Crippen molar-refractivity contribution in [3.05, 3.63) is 50.9 Å². The SMILES string of the molecule is CCn1nc(C)cc1C(Cc1ccc(I)cc1)NN. The predicted octanol–water partition coefficient (Wildman–Crippen LogP) is 2.56. The highest BCUT2D eigenvalue weighted by Gasteiger charge is 2.16. The molecule has 2 aromatic rings. The van der Waals surface area contributed by atoms with E-state index in [0.717, 1.165) is 24.4 Å². The number of nitrogens with zero attached hydrogens (tertiary/aromatic N) is 2. The summed E-state index contributed by atoms with van der Waals surface area (Å²) in [6.07, 6.45) is 0.860. The normalized spacial score (nSPS) is 12.6. The van der Waals surface area contributed by atoms with Gasteiger partial charge in [-0.15, -0.1) is 0 Å². The van der Waals surface area contributed by atoms with Crippen molar-refractivity contribution in [3.8, 4) is 0 Å². The average Bonchev–Trinajstić information content (AvgIpc) is 2.79. The summed E-state index contributed by atoms with van der Waals surface area (Å²) < 4.78 is 3.25. The summed E-state index contributed by atoms with van der Waals surface area (Å²) in [5.74, 6) is 5.72. The summed E-state index contributed by atoms with van der Waals surface area (Å²) in [5, 5.41) is 4.47. The van der Waals surface area contributed by atoms with Crippen LogP contribution in [0.25, 0.3) is 0 Å². The fourth-order valence-electron chi connectivity index (χ4n) is 2.20. The Bertz CT molecular complexity index is 533. The number of halogens is 1. The maximum absolute atomic E-state index is 5.72. The van der Waals surface area contributed by atoms with Crippen molar-refractivity contribution in [2.75, 3.05) is 0 Å². The van der Waals surface area contributed by atoms with E-state index >= 15 is 0 Å². The molecule has 0 aliphatic rings. The van der Waals surface area contributed by atoms with Crippen LogP contribution in [0.15, 0.2) is 30.3 Å². The van der Waals surface area contributed by atoms with Gasteiger partial charge in [-0.1, -0.05) is 12.1 Å². The number of hydrogen-bond acceptors (Lipinski definition) is 3. The van der Waals surface area contributed by atoms with Crippen LogP contribution in [0.4, 0.5) is 0 Å². The molecule has 1 unspecified atom stereocenters. The quantitative estimate of drug-likeness (QED) is 0.483. The van der Waals surface area contributed by atoms with Gasteiger partial charge in [0.2, 0.25) is 0 Å². The summed E-state index contributed by atoms with van der Waals surface area (Å²) >= 11 is 2.31. The van der Waals surface area contributed by atoms with Gasteiger partial charge in [0, 0.05) is 10.1 Å². The minimum Gasteiger partial charge on any atom is -0.271 e. The summed E-state index contributed by atoms with van der Waals surface area (Å²) in [5.41, 5.74) is 6.34. The zero-order valence-electron chi connectivity index (χ0n) is 11.2. The van der Waals surface area contributed by atoms with E-state index in [1.807, 2.05) is 11.6 Å². The third-order valence-electron chi connectivity index (χ3n) is 3.14. The van der Waals surface area contributed by atoms with Gasteiger partial charge in [0.05, 0.1) is 17.4 Å². The van der Waals surface area contributed by atoms with Crippen LogP contribution in [-0.2, 0) is 13.0 Å². The number of hydrogen-bond donors (Lipinski definition) is 2. The number of aromatic nitrogens is 2. The molecule has 19 heavy (non-hydrogen) atoms. The van der Waals surface area contributed by atoms with Crippen molar-refractivity contribution in [1.29, 1.82) is 0 Å². The van der Waals surface area contributed by atoms with Crippen molar-refractivity contribution in [1.82, 2.24) is 15.2 Å². The Morgan fingerprint density at radius 2 is 2.05 bits per heavy atom. The van der Waals surface area contributed by atoms with Gasteiger partial charge >= 0.3 is 0 Å². The molecule has 1 atom stereocenters. The second kappa shape index (κ2) is 6.49. The van der Waals surface area contributed by atoms with Crippen molar-refractivity contribution in [2.24, 2.45) is 5.84 Å². The molecule has 0 spiro atoms. The van der Waals surface area contributed by atoms with Gasteiger partial charge in [-0.05, 0) is 66.6 Å². The summed E-state index contributed by atoms with van der Waals surface area (Å²) in [7, 11) is 0. The number of nitrogens with one attached hydrogen (secondary N) is 1. The second-order valence-electron chi connectivity index (χ2n) is 4.58. The molecule has 1 aromatic carbocycles. The number of nitrogens with two attached hydrogens (primary N) is 1. The molecule has 4 nitrogen and oxygen atoms in total. The lowest BCUT2D eigenvalue weighted by Gasteiger charge is -2.17. The molecule has 0 radical (unpaired) electrons. The van der Waals surface area contributed by atoms with Crippen molar-refractivity contribution < 1.29 is 0 Å². The first-order valence-electron chi connectivity index (χ1n) is 6.39. The Morgan fingerprint density at radius 1 is 1.37 bits per heavy atom. The largest absolute Gasteiger partial charge is 0.271 e. The predicted molar refractivity (Wildman–Crippen MR) is 85.6 cm³/mol. The molecular formula is C14H19IN4. The zero-order chi connectivity index (χ0) is 13.8. The summed E-state index contributed by atoms with van der Waals surface area (Å²) in [6.45, 7) is 4.95. The average molecular weight is 370 g/mol. The highest BCUT2D eigenvalue weighted by molar-refractivity contribution is 14.1. The van der Waals surface area contributed by atoms with Gasteiger partial charge in [-0.3, -0.25) is 16.0 Å². The Labute approximate surface area is 127 Å². The minimum absolute atomic E-state index is 0.0845. The Balaban J connectivity index is 2.22. The Morgan fingerprint density at radius 3 is 2.63 bits per heavy atom. The first kappa shape index (κ1) is 14.5. The number of rotatable bonds is 5. The Hall–Kier alpha value is -0.920. The number of benzene rings is 1. The molecule has 0 aliphatic carbocycles. The van der Waals surface area contributed by atoms with Gasteiger partial charge in [0.1, 0.15) is 0 Å². The van der Waals surface area contributed by atoms with E-state index < -0.39 is 0 Å². The lowest BCUT2D eigenvalue weighted by atomic mass is 10.0. The number of hydrazine groups is 1. The summed E-state index contributed by atoms with van der Waals surface area (Å²) in [4.78, 5) is 0. The minimum atomic E-state index is 0.0845. The maximum atomic E-state index is 5.72. The number of aryl methyl sites for hydroxylation is 2. The van der Waals surface area contributed by atoms with Crippen LogP contribution in [0.3, 0.4) is 0 Å². The van der Waals surface area contributed by atoms with E-state index in [0.29, 0.717) is 0 Å². The first-order valence-corrected chi connectivity index (χ1v) is 7.46. The van der Waals surface area contributed by atoms with E-state index in [4.69, 9.17) is 5.84 Å². The van der Waals surface area contributed by atoms with Crippen molar-refractivity contribution in [2.45, 2.75) is 32.9 Å². The molecular weight excluding hydrogens is 351 g/mol. The van der Waals surface area contributed by atoms with Crippen LogP contribution in [-0.4, -0.2) is 9.78 Å². The monoisotopic (exact) mass is 370 g/mol. The third-order valence-corrected chi connectivity index (χ3v) is 3.86. The standard InChI is InChI=1S/C14H19IN4/c1-3-19-14(8-10(2)18-19)13(17-16)9-11-4-6-12(15)7-5-11/h4-8,13,17H,3,9,16H2,1-2H3. The molecule has 0 aliphatic heterocycles. The molecule has 3 N–H and O–H groups in total. The van der Waals surface area contributed by atoms with E-state index in [9.17, 15) is 0 Å². The molecule has 0 saturated heterocycles. The van der Waals surface area contributed by atoms with Crippen LogP contribution in [0.5, 0.6) is 0 Å². The van der Waals surface area contributed by atoms with Gasteiger partial charge in [-0.2, -0.15) is 5.10 Å². The molecule has 2 rings (SSSR count). The fraction of sp³-hybridized carbons (Fsp3) is 0.357. The van der Waals surface area contributed by atoms with Crippen LogP contribution >= 0.6 is 22.6 Å². The van der Waals surface area contributed by atoms with Gasteiger partial charge < -0.3 is 0 Å². The van der Waals surface area contributed by atoms with Crippen LogP contribution in [0.2, 0.25) is 0 Å². The molecule has 0 bridgehead atoms. The second-order valence-corrected chi connectivity index (χ2v) is 5.82. The van der Waals surface area contributed by atoms with Gasteiger partial charge in [0.15, 0.2) is 0 Å². The highest BCUT2D eigenvalue weighted by atomic mass is 127. The van der Waals surface area contributed by atoms with E-state index in [1.165, 1.54) is 9.13 Å². The molecule has 1 aromatic heterocycles. The van der Waals surface area contributed by atoms with Gasteiger partial charge in [-0.25, -0.2) is 0 Å². The summed E-state index contributed by atoms with van der Waals surface area (Å²) in [6, 6.07) is 10.7. The Kier molecular flexibility index (Phi) is 4.95. The third kappa shape index (κ3) is 3.55. The van der Waals surface area contributed by atoms with Crippen molar-refractivity contribution in [3.63, 3.8) is 0 Å². The molecule has 0 amide bonds. The maximum Gasteiger partial charge on any atom is 0.0669 e. The highest BCUT2D eigenvalue weighted by Crippen LogP contribution is 2.19. The van der Waals surface area contributed by atoms with Crippen LogP contribution in [0.1, 0.15) is 29.9 Å². The fourth-order valence-corrected chi connectivity index (χ4v) is 2.56. The van der Waals surface area contributed by atoms with E-state index in [1.54, 1.807) is 0 Å². The van der Waals surface area contributed by atoms with Crippen LogP contribution < -0.4 is 11.3 Å². The first-order chi connectivity index (χ1) is 9.13. The molecule has 1 heterocycles. The van der Waals surface area contributed by atoms with Crippen molar-refractivity contribution >= 4 is 22.6 Å². The molecule has 102 valence electrons. The lowest BCUT2D eigenvalue weighted by Crippen LogP contribution is -2.31. The zero-order valence-corrected chi connectivity index (χ0v) is 13.4. The van der Waals surface area contributed by atoms with E-state index in [-0.39, 0.29) is 6.04 Å².